The molecule has 4 heteroatoms. The molecule has 1 aromatic carbocycles. The minimum absolute atomic E-state index is 0.0414. The van der Waals surface area contributed by atoms with E-state index in [4.69, 9.17) is 4.74 Å². The van der Waals surface area contributed by atoms with Crippen LogP contribution in [0.2, 0.25) is 0 Å². The van der Waals surface area contributed by atoms with Crippen molar-refractivity contribution in [3.63, 3.8) is 0 Å². The zero-order valence-electron chi connectivity index (χ0n) is 13.0. The van der Waals surface area contributed by atoms with E-state index in [-0.39, 0.29) is 17.2 Å². The van der Waals surface area contributed by atoms with Crippen molar-refractivity contribution in [2.45, 2.75) is 40.2 Å². The van der Waals surface area contributed by atoms with Crippen LogP contribution in [0.1, 0.15) is 39.2 Å². The molecule has 2 aromatic rings. The fourth-order valence-corrected chi connectivity index (χ4v) is 2.81. The highest BCUT2D eigenvalue weighted by Gasteiger charge is 2.32. The van der Waals surface area contributed by atoms with Crippen molar-refractivity contribution >= 4 is 0 Å². The first-order chi connectivity index (χ1) is 9.89. The monoisotopic (exact) mass is 288 g/mol. The van der Waals surface area contributed by atoms with E-state index in [1.54, 1.807) is 12.1 Å². The van der Waals surface area contributed by atoms with Gasteiger partial charge in [0.25, 0.3) is 0 Å². The number of benzene rings is 1. The van der Waals surface area contributed by atoms with Crippen LogP contribution in [0, 0.1) is 11.2 Å². The second-order valence-electron chi connectivity index (χ2n) is 6.81. The van der Waals surface area contributed by atoms with E-state index in [1.165, 1.54) is 6.07 Å². The summed E-state index contributed by atoms with van der Waals surface area (Å²) in [6.07, 6.45) is 0. The second-order valence-corrected chi connectivity index (χ2v) is 6.81. The number of rotatable bonds is 2. The Morgan fingerprint density at radius 2 is 2.00 bits per heavy atom. The molecule has 0 radical (unpaired) electrons. The van der Waals surface area contributed by atoms with Gasteiger partial charge in [0.15, 0.2) is 0 Å². The van der Waals surface area contributed by atoms with Gasteiger partial charge in [-0.3, -0.25) is 0 Å². The molecule has 3 nitrogen and oxygen atoms in total. The van der Waals surface area contributed by atoms with Gasteiger partial charge in [-0.25, -0.2) is 9.07 Å². The standard InChI is InChI=1S/C17H21FN2O/c1-11(2)14-15(12-7-5-6-8-13(12)18)19-20-9-17(3,4)10-21-16(14)20/h5-8,11H,9-10H2,1-4H3. The Hall–Kier alpha value is -1.84. The molecule has 1 aromatic heterocycles. The SMILES string of the molecule is CC(C)c1c(-c2ccccc2F)nn2c1OCC(C)(C)C2. The van der Waals surface area contributed by atoms with Crippen LogP contribution in [0.5, 0.6) is 5.88 Å². The number of halogens is 1. The molecule has 112 valence electrons. The van der Waals surface area contributed by atoms with Crippen LogP contribution < -0.4 is 4.74 Å². The Bertz CT molecular complexity index is 673. The Morgan fingerprint density at radius 3 is 2.67 bits per heavy atom. The van der Waals surface area contributed by atoms with Gasteiger partial charge >= 0.3 is 0 Å². The molecule has 0 saturated carbocycles. The van der Waals surface area contributed by atoms with Crippen LogP contribution in [0.3, 0.4) is 0 Å². The van der Waals surface area contributed by atoms with Crippen LogP contribution in [-0.2, 0) is 6.54 Å². The van der Waals surface area contributed by atoms with Crippen molar-refractivity contribution in [3.05, 3.63) is 35.6 Å². The third-order valence-electron chi connectivity index (χ3n) is 3.82. The predicted molar refractivity (Wildman–Crippen MR) is 81.0 cm³/mol. The Kier molecular flexibility index (Phi) is 3.27. The molecular weight excluding hydrogens is 267 g/mol. The molecule has 0 saturated heterocycles. The van der Waals surface area contributed by atoms with Crippen LogP contribution >= 0.6 is 0 Å². The average Bonchev–Trinajstić information content (AvgIpc) is 2.76. The van der Waals surface area contributed by atoms with Crippen molar-refractivity contribution in [2.24, 2.45) is 5.41 Å². The van der Waals surface area contributed by atoms with E-state index < -0.39 is 0 Å². The summed E-state index contributed by atoms with van der Waals surface area (Å²) in [6, 6.07) is 6.79. The molecule has 0 N–H and O–H groups in total. The van der Waals surface area contributed by atoms with Crippen molar-refractivity contribution in [3.8, 4) is 17.1 Å². The van der Waals surface area contributed by atoms with Crippen LogP contribution in [0.15, 0.2) is 24.3 Å². The predicted octanol–water partition coefficient (Wildman–Crippen LogP) is 4.23. The van der Waals surface area contributed by atoms with E-state index in [0.29, 0.717) is 17.9 Å². The number of hydrogen-bond acceptors (Lipinski definition) is 2. The van der Waals surface area contributed by atoms with E-state index in [0.717, 1.165) is 18.0 Å². The molecule has 1 aliphatic rings. The summed E-state index contributed by atoms with van der Waals surface area (Å²) >= 11 is 0. The summed E-state index contributed by atoms with van der Waals surface area (Å²) in [6.45, 7) is 9.92. The minimum atomic E-state index is -0.242. The van der Waals surface area contributed by atoms with E-state index in [2.05, 4.69) is 32.8 Å². The Balaban J connectivity index is 2.18. The van der Waals surface area contributed by atoms with Crippen LogP contribution in [0.4, 0.5) is 4.39 Å². The largest absolute Gasteiger partial charge is 0.477 e. The first kappa shape index (κ1) is 14.1. The highest BCUT2D eigenvalue weighted by molar-refractivity contribution is 5.67. The fourth-order valence-electron chi connectivity index (χ4n) is 2.81. The summed E-state index contributed by atoms with van der Waals surface area (Å²) in [4.78, 5) is 0. The molecule has 0 fully saturated rings. The zero-order chi connectivity index (χ0) is 15.2. The summed E-state index contributed by atoms with van der Waals surface area (Å²) in [7, 11) is 0. The smallest absolute Gasteiger partial charge is 0.215 e. The first-order valence-corrected chi connectivity index (χ1v) is 7.37. The van der Waals surface area contributed by atoms with Gasteiger partial charge in [0.05, 0.1) is 13.2 Å². The lowest BCUT2D eigenvalue weighted by atomic mass is 9.93. The molecule has 0 bridgehead atoms. The van der Waals surface area contributed by atoms with Crippen LogP contribution in [0.25, 0.3) is 11.3 Å². The molecule has 0 spiro atoms. The molecule has 2 heterocycles. The summed E-state index contributed by atoms with van der Waals surface area (Å²) < 4.78 is 22.0. The normalized spacial score (nSPS) is 16.7. The van der Waals surface area contributed by atoms with Crippen molar-refractivity contribution < 1.29 is 9.13 Å². The van der Waals surface area contributed by atoms with E-state index >= 15 is 0 Å². The summed E-state index contributed by atoms with van der Waals surface area (Å²) in [5.74, 6) is 0.779. The highest BCUT2D eigenvalue weighted by Crippen LogP contribution is 2.40. The van der Waals surface area contributed by atoms with Gasteiger partial charge in [-0.15, -0.1) is 0 Å². The molecule has 0 unspecified atom stereocenters. The van der Waals surface area contributed by atoms with Gasteiger partial charge in [-0.05, 0) is 18.1 Å². The number of hydrogen-bond donors (Lipinski definition) is 0. The summed E-state index contributed by atoms with van der Waals surface area (Å²) in [5, 5.41) is 4.65. The minimum Gasteiger partial charge on any atom is -0.477 e. The average molecular weight is 288 g/mol. The molecule has 0 atom stereocenters. The molecule has 3 rings (SSSR count). The fraction of sp³-hybridized carbons (Fsp3) is 0.471. The Morgan fingerprint density at radius 1 is 1.29 bits per heavy atom. The maximum atomic E-state index is 14.1. The Labute approximate surface area is 124 Å². The molecule has 0 aliphatic carbocycles. The zero-order valence-corrected chi connectivity index (χ0v) is 13.0. The number of aromatic nitrogens is 2. The van der Waals surface area contributed by atoms with Gasteiger partial charge in [-0.2, -0.15) is 5.10 Å². The molecule has 21 heavy (non-hydrogen) atoms. The number of ether oxygens (including phenoxy) is 1. The number of nitrogens with zero attached hydrogens (tertiary/aromatic N) is 2. The maximum absolute atomic E-state index is 14.1. The van der Waals surface area contributed by atoms with Gasteiger partial charge in [-0.1, -0.05) is 39.8 Å². The lowest BCUT2D eigenvalue weighted by Gasteiger charge is -2.30. The second kappa shape index (κ2) is 4.86. The summed E-state index contributed by atoms with van der Waals surface area (Å²) in [5.41, 5.74) is 2.29. The van der Waals surface area contributed by atoms with Gasteiger partial charge in [0.1, 0.15) is 11.5 Å². The highest BCUT2D eigenvalue weighted by atomic mass is 19.1. The third-order valence-corrected chi connectivity index (χ3v) is 3.82. The molecular formula is C17H21FN2O. The first-order valence-electron chi connectivity index (χ1n) is 7.37. The van der Waals surface area contributed by atoms with E-state index in [9.17, 15) is 4.39 Å². The van der Waals surface area contributed by atoms with Gasteiger partial charge in [0, 0.05) is 16.5 Å². The topological polar surface area (TPSA) is 27.1 Å². The maximum Gasteiger partial charge on any atom is 0.215 e. The van der Waals surface area contributed by atoms with Crippen molar-refractivity contribution in [2.75, 3.05) is 6.61 Å². The van der Waals surface area contributed by atoms with E-state index in [1.807, 2.05) is 10.7 Å². The van der Waals surface area contributed by atoms with Crippen molar-refractivity contribution in [1.82, 2.24) is 9.78 Å². The number of fused-ring (bicyclic) bond motifs is 1. The van der Waals surface area contributed by atoms with Gasteiger partial charge < -0.3 is 4.74 Å². The molecule has 1 aliphatic heterocycles. The van der Waals surface area contributed by atoms with Crippen LogP contribution in [-0.4, -0.2) is 16.4 Å². The quantitative estimate of drug-likeness (QED) is 0.827. The lowest BCUT2D eigenvalue weighted by molar-refractivity contribution is 0.0990. The lowest BCUT2D eigenvalue weighted by Crippen LogP contribution is -2.33. The van der Waals surface area contributed by atoms with Crippen molar-refractivity contribution in [1.29, 1.82) is 0 Å². The molecule has 0 amide bonds. The third kappa shape index (κ3) is 2.43. The van der Waals surface area contributed by atoms with Gasteiger partial charge in [0.2, 0.25) is 5.88 Å².